The van der Waals surface area contributed by atoms with E-state index in [2.05, 4.69) is 11.1 Å². The number of hydrogen-bond donors (Lipinski definition) is 1. The summed E-state index contributed by atoms with van der Waals surface area (Å²) in [6.07, 6.45) is 1.83. The van der Waals surface area contributed by atoms with Crippen LogP contribution in [0.15, 0.2) is 41.4 Å². The second-order valence-electron chi connectivity index (χ2n) is 3.51. The molecule has 1 N–H and O–H groups in total. The maximum atomic E-state index is 8.58. The van der Waals surface area contributed by atoms with Crippen LogP contribution in [-0.2, 0) is 4.74 Å². The molecule has 0 radical (unpaired) electrons. The SMILES string of the molecule is OCCOCCSc1ccnc2ccccc12. The summed E-state index contributed by atoms with van der Waals surface area (Å²) < 4.78 is 5.23. The molecule has 0 spiro atoms. The summed E-state index contributed by atoms with van der Waals surface area (Å²) in [5.74, 6) is 0.883. The molecule has 0 fully saturated rings. The standard InChI is InChI=1S/C13H15NO2S/c15-7-8-16-9-10-17-13-5-6-14-12-4-2-1-3-11(12)13/h1-6,15H,7-10H2. The number of fused-ring (bicyclic) bond motifs is 1. The van der Waals surface area contributed by atoms with E-state index in [1.165, 1.54) is 10.3 Å². The fourth-order valence-corrected chi connectivity index (χ4v) is 2.48. The minimum atomic E-state index is 0.0862. The molecular weight excluding hydrogens is 234 g/mol. The number of benzene rings is 1. The van der Waals surface area contributed by atoms with Crippen molar-refractivity contribution in [2.45, 2.75) is 4.90 Å². The molecule has 0 aliphatic carbocycles. The van der Waals surface area contributed by atoms with Crippen molar-refractivity contribution < 1.29 is 9.84 Å². The van der Waals surface area contributed by atoms with Gasteiger partial charge in [-0.2, -0.15) is 0 Å². The van der Waals surface area contributed by atoms with Gasteiger partial charge in [0.05, 0.1) is 25.3 Å². The second kappa shape index (κ2) is 6.59. The number of pyridine rings is 1. The molecule has 2 aromatic rings. The number of nitrogens with zero attached hydrogens (tertiary/aromatic N) is 1. The van der Waals surface area contributed by atoms with Crippen molar-refractivity contribution in [3.8, 4) is 0 Å². The first-order valence-corrected chi connectivity index (χ1v) is 6.55. The quantitative estimate of drug-likeness (QED) is 0.630. The molecular formula is C13H15NO2S. The Kier molecular flexibility index (Phi) is 4.79. The summed E-state index contributed by atoms with van der Waals surface area (Å²) >= 11 is 1.75. The molecule has 90 valence electrons. The van der Waals surface area contributed by atoms with Crippen LogP contribution < -0.4 is 0 Å². The number of ether oxygens (including phenoxy) is 1. The summed E-state index contributed by atoms with van der Waals surface area (Å²) in [6.45, 7) is 1.16. The highest BCUT2D eigenvalue weighted by Gasteiger charge is 2.01. The Bertz CT molecular complexity index is 470. The number of aliphatic hydroxyl groups excluding tert-OH is 1. The van der Waals surface area contributed by atoms with Crippen LogP contribution >= 0.6 is 11.8 Å². The molecule has 1 aromatic heterocycles. The molecule has 1 aromatic carbocycles. The lowest BCUT2D eigenvalue weighted by atomic mass is 10.2. The molecule has 2 rings (SSSR count). The molecule has 0 atom stereocenters. The maximum Gasteiger partial charge on any atom is 0.0713 e. The van der Waals surface area contributed by atoms with Gasteiger partial charge in [-0.25, -0.2) is 0 Å². The van der Waals surface area contributed by atoms with Crippen molar-refractivity contribution in [1.82, 2.24) is 4.98 Å². The average molecular weight is 249 g/mol. The van der Waals surface area contributed by atoms with Gasteiger partial charge in [0.25, 0.3) is 0 Å². The van der Waals surface area contributed by atoms with Crippen LogP contribution in [0.2, 0.25) is 0 Å². The highest BCUT2D eigenvalue weighted by atomic mass is 32.2. The molecule has 3 nitrogen and oxygen atoms in total. The zero-order valence-electron chi connectivity index (χ0n) is 9.50. The number of para-hydroxylation sites is 1. The Morgan fingerprint density at radius 3 is 2.94 bits per heavy atom. The van der Waals surface area contributed by atoms with Gasteiger partial charge in [-0.3, -0.25) is 4.98 Å². The first-order chi connectivity index (χ1) is 8.42. The van der Waals surface area contributed by atoms with E-state index in [9.17, 15) is 0 Å². The predicted octanol–water partition coefficient (Wildman–Crippen LogP) is 2.34. The van der Waals surface area contributed by atoms with Gasteiger partial charge in [0.15, 0.2) is 0 Å². The summed E-state index contributed by atoms with van der Waals surface area (Å²) in [7, 11) is 0. The second-order valence-corrected chi connectivity index (χ2v) is 4.65. The van der Waals surface area contributed by atoms with E-state index in [4.69, 9.17) is 9.84 Å². The zero-order chi connectivity index (χ0) is 11.9. The van der Waals surface area contributed by atoms with E-state index >= 15 is 0 Å². The summed E-state index contributed by atoms with van der Waals surface area (Å²) in [5.41, 5.74) is 1.02. The topological polar surface area (TPSA) is 42.4 Å². The van der Waals surface area contributed by atoms with Crippen LogP contribution in [0, 0.1) is 0 Å². The van der Waals surface area contributed by atoms with Crippen molar-refractivity contribution in [2.75, 3.05) is 25.6 Å². The van der Waals surface area contributed by atoms with E-state index < -0.39 is 0 Å². The number of aromatic nitrogens is 1. The molecule has 0 bridgehead atoms. The number of hydrogen-bond acceptors (Lipinski definition) is 4. The molecule has 0 saturated carbocycles. The molecule has 0 aliphatic heterocycles. The lowest BCUT2D eigenvalue weighted by Gasteiger charge is -2.05. The molecule has 0 saturated heterocycles. The maximum absolute atomic E-state index is 8.58. The Morgan fingerprint density at radius 2 is 2.06 bits per heavy atom. The Labute approximate surface area is 105 Å². The summed E-state index contributed by atoms with van der Waals surface area (Å²) in [5, 5.41) is 9.77. The smallest absolute Gasteiger partial charge is 0.0713 e. The lowest BCUT2D eigenvalue weighted by molar-refractivity contribution is 0.103. The van der Waals surface area contributed by atoms with Crippen LogP contribution in [0.25, 0.3) is 10.9 Å². The Morgan fingerprint density at radius 1 is 1.18 bits per heavy atom. The van der Waals surface area contributed by atoms with E-state index in [1.54, 1.807) is 11.8 Å². The Balaban J connectivity index is 1.98. The van der Waals surface area contributed by atoms with Crippen LogP contribution in [-0.4, -0.2) is 35.7 Å². The number of thioether (sulfide) groups is 1. The van der Waals surface area contributed by atoms with Crippen LogP contribution in [0.5, 0.6) is 0 Å². The van der Waals surface area contributed by atoms with Crippen molar-refractivity contribution in [2.24, 2.45) is 0 Å². The number of aliphatic hydroxyl groups is 1. The fourth-order valence-electron chi connectivity index (χ4n) is 1.57. The van der Waals surface area contributed by atoms with Crippen molar-refractivity contribution in [3.05, 3.63) is 36.5 Å². The van der Waals surface area contributed by atoms with E-state index in [1.807, 2.05) is 30.5 Å². The van der Waals surface area contributed by atoms with Gasteiger partial charge in [-0.1, -0.05) is 18.2 Å². The summed E-state index contributed by atoms with van der Waals surface area (Å²) in [4.78, 5) is 5.55. The normalized spacial score (nSPS) is 10.9. The van der Waals surface area contributed by atoms with Gasteiger partial charge in [-0.05, 0) is 12.1 Å². The predicted molar refractivity (Wildman–Crippen MR) is 70.4 cm³/mol. The van der Waals surface area contributed by atoms with Crippen molar-refractivity contribution in [1.29, 1.82) is 0 Å². The van der Waals surface area contributed by atoms with Crippen molar-refractivity contribution in [3.63, 3.8) is 0 Å². The van der Waals surface area contributed by atoms with Gasteiger partial charge >= 0.3 is 0 Å². The van der Waals surface area contributed by atoms with Crippen LogP contribution in [0.1, 0.15) is 0 Å². The van der Waals surface area contributed by atoms with Gasteiger partial charge in [0.2, 0.25) is 0 Å². The summed E-state index contributed by atoms with van der Waals surface area (Å²) in [6, 6.07) is 10.1. The molecule has 0 aliphatic rings. The van der Waals surface area contributed by atoms with E-state index in [-0.39, 0.29) is 6.61 Å². The first kappa shape index (κ1) is 12.4. The third kappa shape index (κ3) is 3.43. The largest absolute Gasteiger partial charge is 0.394 e. The minimum Gasteiger partial charge on any atom is -0.394 e. The third-order valence-corrected chi connectivity index (χ3v) is 3.37. The molecule has 17 heavy (non-hydrogen) atoms. The van der Waals surface area contributed by atoms with Crippen LogP contribution in [0.3, 0.4) is 0 Å². The van der Waals surface area contributed by atoms with Gasteiger partial charge < -0.3 is 9.84 Å². The molecule has 4 heteroatoms. The first-order valence-electron chi connectivity index (χ1n) is 5.57. The minimum absolute atomic E-state index is 0.0862. The van der Waals surface area contributed by atoms with Gasteiger partial charge in [0.1, 0.15) is 0 Å². The van der Waals surface area contributed by atoms with Gasteiger partial charge in [0, 0.05) is 22.2 Å². The van der Waals surface area contributed by atoms with E-state index in [0.717, 1.165) is 11.3 Å². The zero-order valence-corrected chi connectivity index (χ0v) is 10.3. The van der Waals surface area contributed by atoms with Crippen molar-refractivity contribution >= 4 is 22.7 Å². The molecule has 0 amide bonds. The highest BCUT2D eigenvalue weighted by Crippen LogP contribution is 2.25. The van der Waals surface area contributed by atoms with Gasteiger partial charge in [-0.15, -0.1) is 11.8 Å². The average Bonchev–Trinajstić information content (AvgIpc) is 2.39. The Hall–Kier alpha value is -1.10. The molecule has 0 unspecified atom stereocenters. The molecule has 1 heterocycles. The fraction of sp³-hybridized carbons (Fsp3) is 0.308. The number of rotatable bonds is 6. The van der Waals surface area contributed by atoms with Crippen LogP contribution in [0.4, 0.5) is 0 Å². The monoisotopic (exact) mass is 249 g/mol. The third-order valence-electron chi connectivity index (χ3n) is 2.33. The highest BCUT2D eigenvalue weighted by molar-refractivity contribution is 7.99. The lowest BCUT2D eigenvalue weighted by Crippen LogP contribution is -2.02. The van der Waals surface area contributed by atoms with E-state index in [0.29, 0.717) is 13.2 Å².